The summed E-state index contributed by atoms with van der Waals surface area (Å²) in [5.41, 5.74) is 0.0558. The number of hydrogen-bond donors (Lipinski definition) is 2. The first kappa shape index (κ1) is 15.2. The zero-order valence-electron chi connectivity index (χ0n) is 12.1. The molecule has 114 valence electrons. The van der Waals surface area contributed by atoms with E-state index in [2.05, 4.69) is 17.6 Å². The highest BCUT2D eigenvalue weighted by Gasteiger charge is 2.25. The largest absolute Gasteiger partial charge is 0.496 e. The van der Waals surface area contributed by atoms with E-state index in [9.17, 15) is 14.9 Å². The first-order valence-electron chi connectivity index (χ1n) is 6.87. The second-order valence-corrected chi connectivity index (χ2v) is 5.19. The lowest BCUT2D eigenvalue weighted by molar-refractivity contribution is -0.384. The maximum absolute atomic E-state index is 12.4. The molecule has 0 aromatic heterocycles. The van der Waals surface area contributed by atoms with Crippen LogP contribution >= 0.6 is 0 Å². The second-order valence-electron chi connectivity index (χ2n) is 5.19. The number of rotatable bonds is 4. The van der Waals surface area contributed by atoms with Crippen molar-refractivity contribution in [2.75, 3.05) is 20.2 Å². The fraction of sp³-hybridized carbons (Fsp3) is 0.500. The molecule has 1 aromatic carbocycles. The maximum Gasteiger partial charge on any atom is 0.270 e. The Morgan fingerprint density at radius 2 is 2.29 bits per heavy atom. The molecule has 1 fully saturated rings. The van der Waals surface area contributed by atoms with Crippen LogP contribution in [0.2, 0.25) is 0 Å². The van der Waals surface area contributed by atoms with E-state index in [1.165, 1.54) is 25.3 Å². The standard InChI is InChI=1S/C14H19N3O4/c1-9-5-6-15-8-12(9)16-14(18)11-7-10(17(19)20)3-4-13(11)21-2/h3-4,7,9,12,15H,5-6,8H2,1-2H3,(H,16,18). The van der Waals surface area contributed by atoms with Gasteiger partial charge in [0, 0.05) is 24.7 Å². The summed E-state index contributed by atoms with van der Waals surface area (Å²) in [6, 6.07) is 4.01. The molecule has 7 heteroatoms. The number of nitro groups is 1. The van der Waals surface area contributed by atoms with E-state index in [4.69, 9.17) is 4.74 Å². The van der Waals surface area contributed by atoms with E-state index in [0.717, 1.165) is 13.0 Å². The van der Waals surface area contributed by atoms with Crippen molar-refractivity contribution >= 4 is 11.6 Å². The van der Waals surface area contributed by atoms with Crippen molar-refractivity contribution in [3.05, 3.63) is 33.9 Å². The number of methoxy groups -OCH3 is 1. The van der Waals surface area contributed by atoms with E-state index in [0.29, 0.717) is 18.2 Å². The number of ether oxygens (including phenoxy) is 1. The molecule has 1 aromatic rings. The third kappa shape index (κ3) is 3.49. The van der Waals surface area contributed by atoms with E-state index < -0.39 is 4.92 Å². The normalized spacial score (nSPS) is 21.6. The van der Waals surface area contributed by atoms with Gasteiger partial charge in [-0.05, 0) is 24.9 Å². The van der Waals surface area contributed by atoms with E-state index >= 15 is 0 Å². The first-order valence-corrected chi connectivity index (χ1v) is 6.87. The molecule has 0 saturated carbocycles. The molecule has 1 amide bonds. The highest BCUT2D eigenvalue weighted by atomic mass is 16.6. The fourth-order valence-electron chi connectivity index (χ4n) is 2.42. The summed E-state index contributed by atoms with van der Waals surface area (Å²) in [7, 11) is 1.43. The molecule has 1 aliphatic heterocycles. The summed E-state index contributed by atoms with van der Waals surface area (Å²) in [6.45, 7) is 3.72. The van der Waals surface area contributed by atoms with Crippen LogP contribution < -0.4 is 15.4 Å². The Morgan fingerprint density at radius 3 is 2.90 bits per heavy atom. The number of carbonyl (C=O) groups is 1. The van der Waals surface area contributed by atoms with Gasteiger partial charge in [0.15, 0.2) is 0 Å². The van der Waals surface area contributed by atoms with Gasteiger partial charge in [0.2, 0.25) is 0 Å². The minimum Gasteiger partial charge on any atom is -0.496 e. The molecule has 0 bridgehead atoms. The minimum absolute atomic E-state index is 0.00946. The van der Waals surface area contributed by atoms with Crippen LogP contribution in [0.3, 0.4) is 0 Å². The van der Waals surface area contributed by atoms with Gasteiger partial charge in [-0.1, -0.05) is 6.92 Å². The van der Waals surface area contributed by atoms with E-state index in [1.54, 1.807) is 0 Å². The Balaban J connectivity index is 2.20. The van der Waals surface area contributed by atoms with Gasteiger partial charge in [-0.3, -0.25) is 14.9 Å². The number of benzene rings is 1. The smallest absolute Gasteiger partial charge is 0.270 e. The van der Waals surface area contributed by atoms with Gasteiger partial charge in [-0.25, -0.2) is 0 Å². The molecule has 1 saturated heterocycles. The van der Waals surface area contributed by atoms with Gasteiger partial charge >= 0.3 is 0 Å². The third-order valence-electron chi connectivity index (χ3n) is 3.78. The van der Waals surface area contributed by atoms with Crippen LogP contribution in [0.1, 0.15) is 23.7 Å². The average Bonchev–Trinajstić information content (AvgIpc) is 2.48. The highest BCUT2D eigenvalue weighted by Crippen LogP contribution is 2.24. The van der Waals surface area contributed by atoms with Gasteiger partial charge in [-0.15, -0.1) is 0 Å². The molecule has 2 N–H and O–H groups in total. The molecule has 7 nitrogen and oxygen atoms in total. The number of piperidine rings is 1. The van der Waals surface area contributed by atoms with E-state index in [-0.39, 0.29) is 23.2 Å². The molecule has 2 atom stereocenters. The predicted molar refractivity (Wildman–Crippen MR) is 77.6 cm³/mol. The lowest BCUT2D eigenvalue weighted by atomic mass is 9.94. The van der Waals surface area contributed by atoms with Crippen LogP contribution in [0.25, 0.3) is 0 Å². The number of amides is 1. The molecule has 2 unspecified atom stereocenters. The number of nitrogens with one attached hydrogen (secondary N) is 2. The molecule has 0 spiro atoms. The van der Waals surface area contributed by atoms with Gasteiger partial charge in [-0.2, -0.15) is 0 Å². The zero-order chi connectivity index (χ0) is 15.4. The summed E-state index contributed by atoms with van der Waals surface area (Å²) < 4.78 is 5.12. The fourth-order valence-corrected chi connectivity index (χ4v) is 2.42. The van der Waals surface area contributed by atoms with Crippen molar-refractivity contribution in [2.24, 2.45) is 5.92 Å². The summed E-state index contributed by atoms with van der Waals surface area (Å²) in [5, 5.41) is 17.0. The van der Waals surface area contributed by atoms with Crippen LogP contribution in [-0.4, -0.2) is 37.1 Å². The molecule has 0 aliphatic carbocycles. The monoisotopic (exact) mass is 293 g/mol. The van der Waals surface area contributed by atoms with Crippen LogP contribution in [0.15, 0.2) is 18.2 Å². The Hall–Kier alpha value is -2.15. The number of non-ortho nitro benzene ring substituents is 1. The molecule has 2 rings (SSSR count). The lowest BCUT2D eigenvalue weighted by Crippen LogP contribution is -2.50. The molecular formula is C14H19N3O4. The third-order valence-corrected chi connectivity index (χ3v) is 3.78. The highest BCUT2D eigenvalue weighted by molar-refractivity contribution is 5.97. The Labute approximate surface area is 122 Å². The Morgan fingerprint density at radius 1 is 1.52 bits per heavy atom. The Bertz CT molecular complexity index is 547. The van der Waals surface area contributed by atoms with Crippen LogP contribution in [0.5, 0.6) is 5.75 Å². The van der Waals surface area contributed by atoms with Crippen LogP contribution in [0.4, 0.5) is 5.69 Å². The zero-order valence-corrected chi connectivity index (χ0v) is 12.1. The van der Waals surface area contributed by atoms with Gasteiger partial charge in [0.05, 0.1) is 17.6 Å². The van der Waals surface area contributed by atoms with Crippen LogP contribution in [0, 0.1) is 16.0 Å². The molecular weight excluding hydrogens is 274 g/mol. The maximum atomic E-state index is 12.4. The van der Waals surface area contributed by atoms with Crippen molar-refractivity contribution in [3.8, 4) is 5.75 Å². The van der Waals surface area contributed by atoms with Crippen LogP contribution in [-0.2, 0) is 0 Å². The Kier molecular flexibility index (Phi) is 4.74. The number of nitrogens with zero attached hydrogens (tertiary/aromatic N) is 1. The SMILES string of the molecule is COc1ccc([N+](=O)[O-])cc1C(=O)NC1CNCCC1C. The molecule has 1 aliphatic rings. The van der Waals surface area contributed by atoms with Gasteiger partial charge in [0.25, 0.3) is 11.6 Å². The topological polar surface area (TPSA) is 93.5 Å². The average molecular weight is 293 g/mol. The first-order chi connectivity index (χ1) is 10.0. The lowest BCUT2D eigenvalue weighted by Gasteiger charge is -2.30. The van der Waals surface area contributed by atoms with Crippen molar-refractivity contribution in [1.82, 2.24) is 10.6 Å². The predicted octanol–water partition coefficient (Wildman–Crippen LogP) is 1.33. The minimum atomic E-state index is -0.527. The van der Waals surface area contributed by atoms with Gasteiger partial charge in [0.1, 0.15) is 5.75 Å². The van der Waals surface area contributed by atoms with Crippen molar-refractivity contribution in [2.45, 2.75) is 19.4 Å². The van der Waals surface area contributed by atoms with Crippen molar-refractivity contribution < 1.29 is 14.5 Å². The molecule has 1 heterocycles. The molecule has 0 radical (unpaired) electrons. The van der Waals surface area contributed by atoms with Crippen molar-refractivity contribution in [1.29, 1.82) is 0 Å². The summed E-state index contributed by atoms with van der Waals surface area (Å²) in [4.78, 5) is 22.7. The number of nitro benzene ring substituents is 1. The summed E-state index contributed by atoms with van der Waals surface area (Å²) in [6.07, 6.45) is 0.983. The number of carbonyl (C=O) groups excluding carboxylic acids is 1. The molecule has 21 heavy (non-hydrogen) atoms. The number of hydrogen-bond acceptors (Lipinski definition) is 5. The summed E-state index contributed by atoms with van der Waals surface area (Å²) >= 11 is 0. The van der Waals surface area contributed by atoms with E-state index in [1.807, 2.05) is 0 Å². The summed E-state index contributed by atoms with van der Waals surface area (Å²) in [5.74, 6) is 0.338. The van der Waals surface area contributed by atoms with Gasteiger partial charge < -0.3 is 15.4 Å². The quantitative estimate of drug-likeness (QED) is 0.645. The second kappa shape index (κ2) is 6.53. The van der Waals surface area contributed by atoms with Crippen molar-refractivity contribution in [3.63, 3.8) is 0 Å².